The molecule has 0 radical (unpaired) electrons. The zero-order chi connectivity index (χ0) is 20.4. The molecule has 2 fully saturated rings. The van der Waals surface area contributed by atoms with E-state index in [0.29, 0.717) is 30.1 Å². The number of thiazole rings is 1. The number of imide groups is 1. The van der Waals surface area contributed by atoms with Crippen LogP contribution in [0.3, 0.4) is 0 Å². The first-order valence-corrected chi connectivity index (χ1v) is 10.8. The molecule has 1 aromatic carbocycles. The van der Waals surface area contributed by atoms with Crippen LogP contribution in [0.2, 0.25) is 0 Å². The van der Waals surface area contributed by atoms with Gasteiger partial charge in [-0.25, -0.2) is 9.78 Å². The monoisotopic (exact) mass is 412 g/mol. The SMILES string of the molecule is Cc1nc(-c2ccccc2)sc1C(=O)NCCCN1C(=O)NC2(CCCC2)C1=O. The average molecular weight is 413 g/mol. The maximum atomic E-state index is 12.6. The molecular formula is C21H24N4O3S. The Bertz CT molecular complexity index is 935. The second-order valence-electron chi connectivity index (χ2n) is 7.59. The fourth-order valence-corrected chi connectivity index (χ4v) is 5.02. The highest BCUT2D eigenvalue weighted by Gasteiger charge is 2.51. The normalized spacial score (nSPS) is 17.8. The van der Waals surface area contributed by atoms with E-state index in [4.69, 9.17) is 0 Å². The molecule has 1 spiro atoms. The summed E-state index contributed by atoms with van der Waals surface area (Å²) in [6.45, 7) is 2.52. The van der Waals surface area contributed by atoms with Crippen LogP contribution in [0.5, 0.6) is 0 Å². The molecule has 4 amide bonds. The highest BCUT2D eigenvalue weighted by Crippen LogP contribution is 2.35. The Hall–Kier alpha value is -2.74. The minimum Gasteiger partial charge on any atom is -0.351 e. The van der Waals surface area contributed by atoms with Gasteiger partial charge in [0.05, 0.1) is 5.69 Å². The number of urea groups is 1. The molecular weight excluding hydrogens is 388 g/mol. The van der Waals surface area contributed by atoms with Crippen LogP contribution in [-0.2, 0) is 4.79 Å². The van der Waals surface area contributed by atoms with E-state index in [0.717, 1.165) is 36.3 Å². The summed E-state index contributed by atoms with van der Waals surface area (Å²) in [5.74, 6) is -0.288. The quantitative estimate of drug-likeness (QED) is 0.563. The van der Waals surface area contributed by atoms with Gasteiger partial charge in [0.1, 0.15) is 15.4 Å². The zero-order valence-corrected chi connectivity index (χ0v) is 17.2. The molecule has 1 saturated heterocycles. The van der Waals surface area contributed by atoms with Crippen molar-refractivity contribution in [3.05, 3.63) is 40.9 Å². The Labute approximate surface area is 173 Å². The summed E-state index contributed by atoms with van der Waals surface area (Å²) in [5, 5.41) is 6.57. The summed E-state index contributed by atoms with van der Waals surface area (Å²) in [6, 6.07) is 9.45. The number of carbonyl (C=O) groups is 3. The first kappa shape index (κ1) is 19.6. The Kier molecular flexibility index (Phi) is 5.36. The number of aromatic nitrogens is 1. The van der Waals surface area contributed by atoms with E-state index < -0.39 is 5.54 Å². The molecule has 152 valence electrons. The van der Waals surface area contributed by atoms with Crippen molar-refractivity contribution in [3.8, 4) is 10.6 Å². The van der Waals surface area contributed by atoms with Crippen LogP contribution in [0.1, 0.15) is 47.5 Å². The van der Waals surface area contributed by atoms with E-state index in [2.05, 4.69) is 15.6 Å². The molecule has 2 aliphatic rings. The maximum absolute atomic E-state index is 12.6. The van der Waals surface area contributed by atoms with Crippen molar-refractivity contribution in [1.82, 2.24) is 20.5 Å². The first-order chi connectivity index (χ1) is 14.0. The number of aryl methyl sites for hydroxylation is 1. The highest BCUT2D eigenvalue weighted by molar-refractivity contribution is 7.17. The molecule has 29 heavy (non-hydrogen) atoms. The molecule has 0 unspecified atom stereocenters. The lowest BCUT2D eigenvalue weighted by molar-refractivity contribution is -0.131. The summed E-state index contributed by atoms with van der Waals surface area (Å²) in [7, 11) is 0. The van der Waals surface area contributed by atoms with Crippen molar-refractivity contribution in [3.63, 3.8) is 0 Å². The lowest BCUT2D eigenvalue weighted by Crippen LogP contribution is -2.44. The van der Waals surface area contributed by atoms with Gasteiger partial charge in [-0.2, -0.15) is 0 Å². The van der Waals surface area contributed by atoms with E-state index >= 15 is 0 Å². The first-order valence-electron chi connectivity index (χ1n) is 9.95. The van der Waals surface area contributed by atoms with Gasteiger partial charge in [-0.3, -0.25) is 14.5 Å². The van der Waals surface area contributed by atoms with Gasteiger partial charge in [-0.15, -0.1) is 11.3 Å². The van der Waals surface area contributed by atoms with Gasteiger partial charge in [-0.1, -0.05) is 43.2 Å². The third kappa shape index (κ3) is 3.76. The molecule has 7 nitrogen and oxygen atoms in total. The Balaban J connectivity index is 1.30. The molecule has 4 rings (SSSR count). The van der Waals surface area contributed by atoms with E-state index in [-0.39, 0.29) is 17.8 Å². The number of hydrogen-bond donors (Lipinski definition) is 2. The number of carbonyl (C=O) groups excluding carboxylic acids is 3. The number of amides is 4. The predicted molar refractivity (Wildman–Crippen MR) is 111 cm³/mol. The highest BCUT2D eigenvalue weighted by atomic mass is 32.1. The largest absolute Gasteiger partial charge is 0.351 e. The topological polar surface area (TPSA) is 91.4 Å². The van der Waals surface area contributed by atoms with Crippen molar-refractivity contribution in [2.45, 2.75) is 44.6 Å². The predicted octanol–water partition coefficient (Wildman–Crippen LogP) is 3.10. The summed E-state index contributed by atoms with van der Waals surface area (Å²) < 4.78 is 0. The number of rotatable bonds is 6. The number of hydrogen-bond acceptors (Lipinski definition) is 5. The second-order valence-corrected chi connectivity index (χ2v) is 8.58. The summed E-state index contributed by atoms with van der Waals surface area (Å²) in [4.78, 5) is 43.7. The van der Waals surface area contributed by atoms with Gasteiger partial charge in [0, 0.05) is 18.7 Å². The Morgan fingerprint density at radius 1 is 1.24 bits per heavy atom. The zero-order valence-electron chi connectivity index (χ0n) is 16.4. The summed E-state index contributed by atoms with van der Waals surface area (Å²) in [6.07, 6.45) is 3.90. The number of nitrogens with one attached hydrogen (secondary N) is 2. The molecule has 2 heterocycles. The van der Waals surface area contributed by atoms with E-state index in [1.807, 2.05) is 37.3 Å². The number of benzene rings is 1. The fourth-order valence-electron chi connectivity index (χ4n) is 4.03. The third-order valence-electron chi connectivity index (χ3n) is 5.57. The molecule has 1 aliphatic heterocycles. The fraction of sp³-hybridized carbons (Fsp3) is 0.429. The minimum absolute atomic E-state index is 0.114. The van der Waals surface area contributed by atoms with Crippen molar-refractivity contribution in [2.75, 3.05) is 13.1 Å². The van der Waals surface area contributed by atoms with Crippen molar-refractivity contribution in [1.29, 1.82) is 0 Å². The Morgan fingerprint density at radius 3 is 2.69 bits per heavy atom. The molecule has 2 aromatic rings. The lowest BCUT2D eigenvalue weighted by Gasteiger charge is -2.20. The smallest absolute Gasteiger partial charge is 0.325 e. The van der Waals surface area contributed by atoms with Gasteiger partial charge in [0.2, 0.25) is 0 Å². The van der Waals surface area contributed by atoms with Crippen molar-refractivity contribution < 1.29 is 14.4 Å². The minimum atomic E-state index is -0.673. The van der Waals surface area contributed by atoms with Gasteiger partial charge in [-0.05, 0) is 26.2 Å². The summed E-state index contributed by atoms with van der Waals surface area (Å²) >= 11 is 1.37. The lowest BCUT2D eigenvalue weighted by atomic mass is 9.98. The maximum Gasteiger partial charge on any atom is 0.325 e. The standard InChI is InChI=1S/C21H24N4O3S/c1-14-16(29-18(23-14)15-8-3-2-4-9-15)17(26)22-12-7-13-25-19(27)21(24-20(25)28)10-5-6-11-21/h2-4,8-9H,5-7,10-13H2,1H3,(H,22,26)(H,24,28). The van der Waals surface area contributed by atoms with Gasteiger partial charge < -0.3 is 10.6 Å². The van der Waals surface area contributed by atoms with Crippen LogP contribution >= 0.6 is 11.3 Å². The van der Waals surface area contributed by atoms with Crippen molar-refractivity contribution in [2.24, 2.45) is 0 Å². The molecule has 8 heteroatoms. The second kappa shape index (κ2) is 7.94. The van der Waals surface area contributed by atoms with E-state index in [1.54, 1.807) is 0 Å². The molecule has 2 N–H and O–H groups in total. The van der Waals surface area contributed by atoms with Crippen LogP contribution in [-0.4, -0.2) is 46.4 Å². The Morgan fingerprint density at radius 2 is 1.97 bits per heavy atom. The number of nitrogens with zero attached hydrogens (tertiary/aromatic N) is 2. The van der Waals surface area contributed by atoms with Crippen LogP contribution in [0.15, 0.2) is 30.3 Å². The average Bonchev–Trinajstić information content (AvgIpc) is 3.40. The van der Waals surface area contributed by atoms with Crippen LogP contribution in [0, 0.1) is 6.92 Å². The van der Waals surface area contributed by atoms with Gasteiger partial charge in [0.25, 0.3) is 11.8 Å². The molecule has 1 aromatic heterocycles. The molecule has 0 bridgehead atoms. The van der Waals surface area contributed by atoms with E-state index in [9.17, 15) is 14.4 Å². The molecule has 1 saturated carbocycles. The summed E-state index contributed by atoms with van der Waals surface area (Å²) in [5.41, 5.74) is 1.01. The van der Waals surface area contributed by atoms with Crippen molar-refractivity contribution >= 4 is 29.2 Å². The van der Waals surface area contributed by atoms with Gasteiger partial charge >= 0.3 is 6.03 Å². The molecule has 0 atom stereocenters. The van der Waals surface area contributed by atoms with Crippen LogP contribution in [0.4, 0.5) is 4.79 Å². The van der Waals surface area contributed by atoms with E-state index in [1.165, 1.54) is 16.2 Å². The van der Waals surface area contributed by atoms with Gasteiger partial charge in [0.15, 0.2) is 0 Å². The third-order valence-corrected chi connectivity index (χ3v) is 6.78. The van der Waals surface area contributed by atoms with Crippen LogP contribution in [0.25, 0.3) is 10.6 Å². The van der Waals surface area contributed by atoms with Crippen LogP contribution < -0.4 is 10.6 Å². The molecule has 1 aliphatic carbocycles.